The summed E-state index contributed by atoms with van der Waals surface area (Å²) in [7, 11) is 0. The van der Waals surface area contributed by atoms with Crippen molar-refractivity contribution in [2.45, 2.75) is 12.5 Å². The lowest BCUT2D eigenvalue weighted by Gasteiger charge is -2.12. The van der Waals surface area contributed by atoms with Gasteiger partial charge in [-0.1, -0.05) is 6.07 Å². The first-order valence-electron chi connectivity index (χ1n) is 5.68. The number of benzene rings is 1. The van der Waals surface area contributed by atoms with Gasteiger partial charge in [-0.05, 0) is 19.0 Å². The van der Waals surface area contributed by atoms with Crippen LogP contribution in [0.3, 0.4) is 0 Å². The first kappa shape index (κ1) is 12.3. The van der Waals surface area contributed by atoms with E-state index in [2.05, 4.69) is 16.0 Å². The highest BCUT2D eigenvalue weighted by molar-refractivity contribution is 5.89. The molecule has 1 aliphatic heterocycles. The minimum Gasteiger partial charge on any atom is -0.334 e. The lowest BCUT2D eigenvalue weighted by atomic mass is 10.2. The van der Waals surface area contributed by atoms with E-state index in [-0.39, 0.29) is 17.8 Å². The van der Waals surface area contributed by atoms with E-state index < -0.39 is 4.92 Å². The van der Waals surface area contributed by atoms with Crippen LogP contribution in [0.25, 0.3) is 0 Å². The van der Waals surface area contributed by atoms with Crippen LogP contribution >= 0.6 is 0 Å². The summed E-state index contributed by atoms with van der Waals surface area (Å²) in [6, 6.07) is 5.62. The Kier molecular flexibility index (Phi) is 3.73. The van der Waals surface area contributed by atoms with Crippen LogP contribution in [0.15, 0.2) is 24.3 Å². The van der Waals surface area contributed by atoms with E-state index in [0.717, 1.165) is 19.5 Å². The largest absolute Gasteiger partial charge is 0.334 e. The molecule has 0 saturated carbocycles. The lowest BCUT2D eigenvalue weighted by Crippen LogP contribution is -2.39. The molecular weight excluding hydrogens is 236 g/mol. The molecule has 1 heterocycles. The van der Waals surface area contributed by atoms with Crippen molar-refractivity contribution in [1.29, 1.82) is 0 Å². The Morgan fingerprint density at radius 1 is 1.50 bits per heavy atom. The number of nitrogens with one attached hydrogen (secondary N) is 3. The number of amides is 2. The van der Waals surface area contributed by atoms with Gasteiger partial charge in [-0.25, -0.2) is 4.79 Å². The Balaban J connectivity index is 1.93. The van der Waals surface area contributed by atoms with Gasteiger partial charge in [0, 0.05) is 30.4 Å². The molecule has 3 N–H and O–H groups in total. The summed E-state index contributed by atoms with van der Waals surface area (Å²) in [5, 5.41) is 19.1. The predicted octanol–water partition coefficient (Wildman–Crippen LogP) is 1.08. The van der Waals surface area contributed by atoms with E-state index in [1.165, 1.54) is 18.2 Å². The van der Waals surface area contributed by atoms with E-state index in [0.29, 0.717) is 5.69 Å². The molecule has 0 aromatic heterocycles. The maximum atomic E-state index is 11.6. The van der Waals surface area contributed by atoms with E-state index in [1.54, 1.807) is 6.07 Å². The van der Waals surface area contributed by atoms with Crippen molar-refractivity contribution < 1.29 is 9.72 Å². The maximum Gasteiger partial charge on any atom is 0.319 e. The van der Waals surface area contributed by atoms with Crippen molar-refractivity contribution in [2.24, 2.45) is 0 Å². The number of hydrogen-bond donors (Lipinski definition) is 3. The minimum absolute atomic E-state index is 0.0460. The number of carbonyl (C=O) groups excluding carboxylic acids is 1. The summed E-state index contributed by atoms with van der Waals surface area (Å²) in [6.45, 7) is 1.64. The molecule has 18 heavy (non-hydrogen) atoms. The zero-order valence-corrected chi connectivity index (χ0v) is 9.68. The van der Waals surface area contributed by atoms with Crippen molar-refractivity contribution >= 4 is 17.4 Å². The number of nitrogens with zero attached hydrogens (tertiary/aromatic N) is 1. The molecule has 2 rings (SSSR count). The summed E-state index contributed by atoms with van der Waals surface area (Å²) >= 11 is 0. The Hall–Kier alpha value is -2.15. The van der Waals surface area contributed by atoms with Gasteiger partial charge in [0.1, 0.15) is 0 Å². The first-order chi connectivity index (χ1) is 8.65. The normalized spacial score (nSPS) is 18.3. The molecule has 0 radical (unpaired) electrons. The third kappa shape index (κ3) is 3.17. The second-order valence-corrected chi connectivity index (χ2v) is 4.10. The van der Waals surface area contributed by atoms with E-state index in [1.807, 2.05) is 0 Å². The lowest BCUT2D eigenvalue weighted by molar-refractivity contribution is -0.384. The maximum absolute atomic E-state index is 11.6. The molecule has 1 saturated heterocycles. The van der Waals surface area contributed by atoms with Gasteiger partial charge in [0.2, 0.25) is 0 Å². The monoisotopic (exact) mass is 250 g/mol. The van der Waals surface area contributed by atoms with Crippen molar-refractivity contribution in [3.05, 3.63) is 34.4 Å². The Bertz CT molecular complexity index is 457. The summed E-state index contributed by atoms with van der Waals surface area (Å²) in [6.07, 6.45) is 0.891. The van der Waals surface area contributed by atoms with Gasteiger partial charge in [-0.3, -0.25) is 10.1 Å². The van der Waals surface area contributed by atoms with E-state index in [4.69, 9.17) is 0 Å². The molecule has 7 heteroatoms. The van der Waals surface area contributed by atoms with Gasteiger partial charge in [-0.15, -0.1) is 0 Å². The molecule has 7 nitrogen and oxygen atoms in total. The Morgan fingerprint density at radius 2 is 2.33 bits per heavy atom. The van der Waals surface area contributed by atoms with Crippen LogP contribution in [0.2, 0.25) is 0 Å². The molecule has 1 aromatic carbocycles. The summed E-state index contributed by atoms with van der Waals surface area (Å²) in [5.74, 6) is 0. The predicted molar refractivity (Wildman–Crippen MR) is 66.5 cm³/mol. The van der Waals surface area contributed by atoms with Gasteiger partial charge in [0.05, 0.1) is 4.92 Å². The van der Waals surface area contributed by atoms with E-state index >= 15 is 0 Å². The van der Waals surface area contributed by atoms with Gasteiger partial charge >= 0.3 is 6.03 Å². The Labute approximate surface area is 104 Å². The van der Waals surface area contributed by atoms with Crippen molar-refractivity contribution in [3.8, 4) is 0 Å². The van der Waals surface area contributed by atoms with Crippen molar-refractivity contribution in [2.75, 3.05) is 18.4 Å². The molecular formula is C11H14N4O3. The number of non-ortho nitro benzene ring substituents is 1. The van der Waals surface area contributed by atoms with Crippen LogP contribution in [0.4, 0.5) is 16.2 Å². The van der Waals surface area contributed by atoms with Crippen LogP contribution in [0, 0.1) is 10.1 Å². The summed E-state index contributed by atoms with van der Waals surface area (Å²) in [5.41, 5.74) is 0.364. The number of nitro groups is 1. The smallest absolute Gasteiger partial charge is 0.319 e. The quantitative estimate of drug-likeness (QED) is 0.552. The fraction of sp³-hybridized carbons (Fsp3) is 0.364. The number of rotatable bonds is 3. The molecule has 1 aromatic rings. The molecule has 1 atom stereocenters. The van der Waals surface area contributed by atoms with Crippen molar-refractivity contribution in [1.82, 2.24) is 10.6 Å². The molecule has 1 aliphatic rings. The number of carbonyl (C=O) groups is 1. The topological polar surface area (TPSA) is 96.3 Å². The first-order valence-corrected chi connectivity index (χ1v) is 5.68. The van der Waals surface area contributed by atoms with Crippen LogP contribution in [-0.2, 0) is 0 Å². The molecule has 96 valence electrons. The SMILES string of the molecule is O=C(Nc1cccc([N+](=O)[O-])c1)N[C@H]1CCNC1. The number of nitro benzene ring substituents is 1. The number of urea groups is 1. The fourth-order valence-electron chi connectivity index (χ4n) is 1.83. The average molecular weight is 250 g/mol. The van der Waals surface area contributed by atoms with E-state index in [9.17, 15) is 14.9 Å². The third-order valence-electron chi connectivity index (χ3n) is 2.71. The molecule has 1 fully saturated rings. The zero-order chi connectivity index (χ0) is 13.0. The van der Waals surface area contributed by atoms with Crippen molar-refractivity contribution in [3.63, 3.8) is 0 Å². The highest BCUT2D eigenvalue weighted by atomic mass is 16.6. The highest BCUT2D eigenvalue weighted by Gasteiger charge is 2.16. The van der Waals surface area contributed by atoms with Crippen LogP contribution < -0.4 is 16.0 Å². The second-order valence-electron chi connectivity index (χ2n) is 4.10. The Morgan fingerprint density at radius 3 is 3.00 bits per heavy atom. The van der Waals surface area contributed by atoms with Gasteiger partial charge in [-0.2, -0.15) is 0 Å². The third-order valence-corrected chi connectivity index (χ3v) is 2.71. The summed E-state index contributed by atoms with van der Waals surface area (Å²) in [4.78, 5) is 21.7. The standard InChI is InChI=1S/C11H14N4O3/c16-11(14-9-4-5-12-7-9)13-8-2-1-3-10(6-8)15(17)18/h1-3,6,9,12H,4-5,7H2,(H2,13,14,16)/t9-/m0/s1. The summed E-state index contributed by atoms with van der Waals surface area (Å²) < 4.78 is 0. The number of hydrogen-bond acceptors (Lipinski definition) is 4. The van der Waals surface area contributed by atoms with Gasteiger partial charge < -0.3 is 16.0 Å². The van der Waals surface area contributed by atoms with Crippen LogP contribution in [0.1, 0.15) is 6.42 Å². The molecule has 0 aliphatic carbocycles. The zero-order valence-electron chi connectivity index (χ0n) is 9.68. The fourth-order valence-corrected chi connectivity index (χ4v) is 1.83. The van der Waals surface area contributed by atoms with Gasteiger partial charge in [0.25, 0.3) is 5.69 Å². The molecule has 0 spiro atoms. The van der Waals surface area contributed by atoms with Gasteiger partial charge in [0.15, 0.2) is 0 Å². The molecule has 0 unspecified atom stereocenters. The highest BCUT2D eigenvalue weighted by Crippen LogP contribution is 2.16. The number of anilines is 1. The molecule has 2 amide bonds. The second kappa shape index (κ2) is 5.46. The average Bonchev–Trinajstić information content (AvgIpc) is 2.82. The van der Waals surface area contributed by atoms with Crippen LogP contribution in [0.5, 0.6) is 0 Å². The minimum atomic E-state index is -0.496. The molecule has 0 bridgehead atoms. The van der Waals surface area contributed by atoms with Crippen LogP contribution in [-0.4, -0.2) is 30.1 Å².